The van der Waals surface area contributed by atoms with E-state index in [1.54, 1.807) is 19.9 Å². The number of benzene rings is 1. The smallest absolute Gasteiger partial charge is 0.328 e. The van der Waals surface area contributed by atoms with Gasteiger partial charge in [0.1, 0.15) is 11.8 Å². The third-order valence-electron chi connectivity index (χ3n) is 2.63. The first-order valence-corrected chi connectivity index (χ1v) is 6.95. The summed E-state index contributed by atoms with van der Waals surface area (Å²) in [5.41, 5.74) is 0.804. The molecule has 1 rings (SSSR count). The van der Waals surface area contributed by atoms with Crippen molar-refractivity contribution in [1.29, 1.82) is 0 Å². The number of hydrogen-bond donors (Lipinski definition) is 1. The Hall–Kier alpha value is -2.30. The predicted octanol–water partition coefficient (Wildman–Crippen LogP) is 2.17. The lowest BCUT2D eigenvalue weighted by Gasteiger charge is -2.11. The van der Waals surface area contributed by atoms with Crippen molar-refractivity contribution in [3.8, 4) is 5.75 Å². The Morgan fingerprint density at radius 2 is 1.95 bits per heavy atom. The average molecular weight is 291 g/mol. The van der Waals surface area contributed by atoms with Crippen LogP contribution in [0, 0.1) is 0 Å². The molecule has 0 saturated heterocycles. The Morgan fingerprint density at radius 1 is 1.24 bits per heavy atom. The molecule has 0 aliphatic rings. The van der Waals surface area contributed by atoms with Gasteiger partial charge in [-0.25, -0.2) is 4.79 Å². The molecule has 114 valence electrons. The van der Waals surface area contributed by atoms with Gasteiger partial charge in [-0.15, -0.1) is 0 Å². The molecule has 0 spiro atoms. The normalized spacial score (nSPS) is 12.0. The number of esters is 1. The van der Waals surface area contributed by atoms with Crippen molar-refractivity contribution in [3.05, 3.63) is 35.9 Å². The maximum Gasteiger partial charge on any atom is 0.328 e. The van der Waals surface area contributed by atoms with Gasteiger partial charge in [0.2, 0.25) is 5.91 Å². The van der Waals surface area contributed by atoms with E-state index in [2.05, 4.69) is 5.32 Å². The number of ether oxygens (including phenoxy) is 2. The minimum absolute atomic E-state index is 0.288. The maximum atomic E-state index is 11.8. The Bertz CT molecular complexity index is 511. The number of para-hydroxylation sites is 1. The van der Waals surface area contributed by atoms with Gasteiger partial charge in [0, 0.05) is 11.6 Å². The molecule has 1 N–H and O–H groups in total. The van der Waals surface area contributed by atoms with Crippen LogP contribution in [0.5, 0.6) is 5.75 Å². The lowest BCUT2D eigenvalue weighted by atomic mass is 10.2. The van der Waals surface area contributed by atoms with Gasteiger partial charge in [-0.2, -0.15) is 0 Å². The van der Waals surface area contributed by atoms with Crippen molar-refractivity contribution in [1.82, 2.24) is 5.32 Å². The highest BCUT2D eigenvalue weighted by atomic mass is 16.5. The summed E-state index contributed by atoms with van der Waals surface area (Å²) in [5, 5.41) is 2.55. The first-order chi connectivity index (χ1) is 10.1. The van der Waals surface area contributed by atoms with Crippen LogP contribution in [-0.4, -0.2) is 31.1 Å². The molecule has 5 nitrogen and oxygen atoms in total. The Balaban J connectivity index is 2.64. The molecule has 0 aromatic heterocycles. The van der Waals surface area contributed by atoms with Gasteiger partial charge < -0.3 is 14.8 Å². The molecule has 1 amide bonds. The molecule has 5 heteroatoms. The summed E-state index contributed by atoms with van der Waals surface area (Å²) in [5.74, 6) is -0.0988. The molecule has 0 radical (unpaired) electrons. The van der Waals surface area contributed by atoms with E-state index in [0.29, 0.717) is 12.4 Å². The second-order valence-electron chi connectivity index (χ2n) is 4.29. The van der Waals surface area contributed by atoms with Crippen LogP contribution >= 0.6 is 0 Å². The third-order valence-corrected chi connectivity index (χ3v) is 2.63. The van der Waals surface area contributed by atoms with Crippen molar-refractivity contribution >= 4 is 18.0 Å². The van der Waals surface area contributed by atoms with Crippen LogP contribution in [0.3, 0.4) is 0 Å². The third kappa shape index (κ3) is 5.69. The Kier molecular flexibility index (Phi) is 7.01. The largest absolute Gasteiger partial charge is 0.493 e. The van der Waals surface area contributed by atoms with Crippen LogP contribution in [-0.2, 0) is 14.3 Å². The SMILES string of the molecule is CCOC(=O)C(C)NC(=O)C=Cc1ccccc1OCC. The number of hydrogen-bond acceptors (Lipinski definition) is 4. The predicted molar refractivity (Wildman–Crippen MR) is 80.9 cm³/mol. The minimum Gasteiger partial charge on any atom is -0.493 e. The van der Waals surface area contributed by atoms with Gasteiger partial charge in [-0.1, -0.05) is 18.2 Å². The summed E-state index contributed by atoms with van der Waals surface area (Å²) in [7, 11) is 0. The summed E-state index contributed by atoms with van der Waals surface area (Å²) >= 11 is 0. The quantitative estimate of drug-likeness (QED) is 0.617. The van der Waals surface area contributed by atoms with Gasteiger partial charge in [-0.3, -0.25) is 4.79 Å². The fourth-order valence-corrected chi connectivity index (χ4v) is 1.66. The molecule has 1 unspecified atom stereocenters. The van der Waals surface area contributed by atoms with Crippen molar-refractivity contribution in [2.75, 3.05) is 13.2 Å². The molecule has 1 atom stereocenters. The Labute approximate surface area is 124 Å². The zero-order chi connectivity index (χ0) is 15.7. The van der Waals surface area contributed by atoms with Crippen LogP contribution in [0.1, 0.15) is 26.3 Å². The molecule has 0 fully saturated rings. The molecule has 0 aliphatic carbocycles. The second kappa shape index (κ2) is 8.79. The summed E-state index contributed by atoms with van der Waals surface area (Å²) in [6.07, 6.45) is 3.02. The van der Waals surface area contributed by atoms with E-state index in [-0.39, 0.29) is 12.5 Å². The molecular formula is C16H21NO4. The van der Waals surface area contributed by atoms with E-state index in [0.717, 1.165) is 5.56 Å². The van der Waals surface area contributed by atoms with E-state index < -0.39 is 12.0 Å². The Morgan fingerprint density at radius 3 is 2.62 bits per heavy atom. The molecule has 1 aromatic rings. The number of rotatable bonds is 7. The number of carbonyl (C=O) groups is 2. The lowest BCUT2D eigenvalue weighted by molar-refractivity contribution is -0.146. The van der Waals surface area contributed by atoms with Gasteiger partial charge in [-0.05, 0) is 32.9 Å². The number of amides is 1. The highest BCUT2D eigenvalue weighted by Crippen LogP contribution is 2.19. The zero-order valence-electron chi connectivity index (χ0n) is 12.6. The molecule has 1 aromatic carbocycles. The van der Waals surface area contributed by atoms with Crippen LogP contribution in [0.15, 0.2) is 30.3 Å². The van der Waals surface area contributed by atoms with E-state index in [1.165, 1.54) is 6.08 Å². The fraction of sp³-hybridized carbons (Fsp3) is 0.375. The molecule has 0 heterocycles. The standard InChI is InChI=1S/C16H21NO4/c1-4-20-14-9-7-6-8-13(14)10-11-15(18)17-12(3)16(19)21-5-2/h6-12H,4-5H2,1-3H3,(H,17,18). The van der Waals surface area contributed by atoms with Crippen LogP contribution < -0.4 is 10.1 Å². The monoisotopic (exact) mass is 291 g/mol. The van der Waals surface area contributed by atoms with Gasteiger partial charge in [0.15, 0.2) is 0 Å². The number of nitrogens with one attached hydrogen (secondary N) is 1. The second-order valence-corrected chi connectivity index (χ2v) is 4.29. The molecule has 0 aliphatic heterocycles. The summed E-state index contributed by atoms with van der Waals surface area (Å²) in [4.78, 5) is 23.2. The topological polar surface area (TPSA) is 64.6 Å². The van der Waals surface area contributed by atoms with E-state index in [9.17, 15) is 9.59 Å². The minimum atomic E-state index is -0.677. The van der Waals surface area contributed by atoms with Crippen molar-refractivity contribution in [2.45, 2.75) is 26.8 Å². The van der Waals surface area contributed by atoms with Crippen LogP contribution in [0.4, 0.5) is 0 Å². The molecular weight excluding hydrogens is 270 g/mol. The molecule has 21 heavy (non-hydrogen) atoms. The van der Waals surface area contributed by atoms with Crippen LogP contribution in [0.25, 0.3) is 6.08 Å². The van der Waals surface area contributed by atoms with E-state index >= 15 is 0 Å². The lowest BCUT2D eigenvalue weighted by Crippen LogP contribution is -2.38. The van der Waals surface area contributed by atoms with Gasteiger partial charge in [0.05, 0.1) is 13.2 Å². The maximum absolute atomic E-state index is 11.8. The van der Waals surface area contributed by atoms with Crippen molar-refractivity contribution in [2.24, 2.45) is 0 Å². The molecule has 0 saturated carbocycles. The van der Waals surface area contributed by atoms with E-state index in [1.807, 2.05) is 31.2 Å². The van der Waals surface area contributed by atoms with Crippen molar-refractivity contribution < 1.29 is 19.1 Å². The molecule has 0 bridgehead atoms. The summed E-state index contributed by atoms with van der Waals surface area (Å²) < 4.78 is 10.3. The van der Waals surface area contributed by atoms with Crippen molar-refractivity contribution in [3.63, 3.8) is 0 Å². The highest BCUT2D eigenvalue weighted by Gasteiger charge is 2.14. The summed E-state index contributed by atoms with van der Waals surface area (Å²) in [6, 6.07) is 6.74. The average Bonchev–Trinajstić information content (AvgIpc) is 2.47. The zero-order valence-corrected chi connectivity index (χ0v) is 12.6. The van der Waals surface area contributed by atoms with Gasteiger partial charge >= 0.3 is 5.97 Å². The van der Waals surface area contributed by atoms with Gasteiger partial charge in [0.25, 0.3) is 0 Å². The first-order valence-electron chi connectivity index (χ1n) is 6.95. The van der Waals surface area contributed by atoms with E-state index in [4.69, 9.17) is 9.47 Å². The first kappa shape index (κ1) is 16.8. The summed E-state index contributed by atoms with van der Waals surface area (Å²) in [6.45, 7) is 6.04. The van der Waals surface area contributed by atoms with Crippen LogP contribution in [0.2, 0.25) is 0 Å². The number of carbonyl (C=O) groups excluding carboxylic acids is 2. The fourth-order valence-electron chi connectivity index (χ4n) is 1.66. The highest BCUT2D eigenvalue weighted by molar-refractivity contribution is 5.94.